The molecule has 1 aromatic carbocycles. The van der Waals surface area contributed by atoms with Crippen LogP contribution in [0.25, 0.3) is 11.0 Å². The van der Waals surface area contributed by atoms with E-state index in [2.05, 4.69) is 29.2 Å². The van der Waals surface area contributed by atoms with Crippen LogP contribution in [-0.4, -0.2) is 38.0 Å². The minimum absolute atomic E-state index is 0.00238. The molecule has 31 heavy (non-hydrogen) atoms. The molecule has 1 aliphatic carbocycles. The number of rotatable bonds is 1. The molecule has 0 radical (unpaired) electrons. The van der Waals surface area contributed by atoms with Gasteiger partial charge in [0.1, 0.15) is 11.3 Å². The molecule has 1 amide bonds. The lowest BCUT2D eigenvalue weighted by Crippen LogP contribution is -2.50. The molecule has 0 bridgehead atoms. The van der Waals surface area contributed by atoms with E-state index >= 15 is 0 Å². The third-order valence-corrected chi connectivity index (χ3v) is 7.08. The van der Waals surface area contributed by atoms with E-state index in [1.807, 2.05) is 4.90 Å². The lowest BCUT2D eigenvalue weighted by Gasteiger charge is -2.46. The molecular weight excluding hydrogens is 392 g/mol. The summed E-state index contributed by atoms with van der Waals surface area (Å²) >= 11 is 0. The van der Waals surface area contributed by atoms with Gasteiger partial charge in [-0.05, 0) is 55.4 Å². The van der Waals surface area contributed by atoms with Crippen LogP contribution in [0.15, 0.2) is 46.0 Å². The van der Waals surface area contributed by atoms with E-state index in [0.29, 0.717) is 18.5 Å². The molecule has 1 fully saturated rings. The first kappa shape index (κ1) is 19.7. The third kappa shape index (κ3) is 3.02. The number of hydrogen-bond donors (Lipinski definition) is 0. The minimum Gasteiger partial charge on any atom is -0.336 e. The maximum atomic E-state index is 13.4. The van der Waals surface area contributed by atoms with Crippen LogP contribution in [0, 0.1) is 0 Å². The first-order valence-electron chi connectivity index (χ1n) is 10.9. The Bertz CT molecular complexity index is 1320. The molecule has 2 aromatic heterocycles. The van der Waals surface area contributed by atoms with Crippen LogP contribution in [0.4, 0.5) is 0 Å². The molecule has 1 spiro atoms. The number of benzene rings is 1. The fourth-order valence-corrected chi connectivity index (χ4v) is 5.47. The standard InChI is InChI=1S/C24H26N4O3/c1-26-20-17(21(29)27(2)23(26)31)10-11-19(25-20)22(30)28-14-6-13-24(15-28)12-5-8-16-7-3-4-9-18(16)24/h3-4,7,9-11H,5-6,8,12-15H2,1-2H3. The molecule has 7 nitrogen and oxygen atoms in total. The Morgan fingerprint density at radius 3 is 2.61 bits per heavy atom. The molecule has 3 aromatic rings. The smallest absolute Gasteiger partial charge is 0.332 e. The summed E-state index contributed by atoms with van der Waals surface area (Å²) in [6.07, 6.45) is 5.36. The number of aryl methyl sites for hydroxylation is 2. The maximum Gasteiger partial charge on any atom is 0.332 e. The fraction of sp³-hybridized carbons (Fsp3) is 0.417. The van der Waals surface area contributed by atoms with Crippen LogP contribution in [0.1, 0.15) is 47.3 Å². The first-order valence-corrected chi connectivity index (χ1v) is 10.9. The largest absolute Gasteiger partial charge is 0.336 e. The lowest BCUT2D eigenvalue weighted by atomic mass is 9.66. The van der Waals surface area contributed by atoms with Crippen molar-refractivity contribution in [3.63, 3.8) is 0 Å². The summed E-state index contributed by atoms with van der Waals surface area (Å²) in [5.41, 5.74) is 2.45. The van der Waals surface area contributed by atoms with Gasteiger partial charge in [-0.2, -0.15) is 0 Å². The number of fused-ring (bicyclic) bond motifs is 3. The molecule has 7 heteroatoms. The topological polar surface area (TPSA) is 77.2 Å². The van der Waals surface area contributed by atoms with Crippen LogP contribution in [0.3, 0.4) is 0 Å². The van der Waals surface area contributed by atoms with Crippen molar-refractivity contribution in [3.8, 4) is 0 Å². The third-order valence-electron chi connectivity index (χ3n) is 7.08. The molecule has 2 aliphatic rings. The number of aromatic nitrogens is 3. The second-order valence-electron chi connectivity index (χ2n) is 8.89. The van der Waals surface area contributed by atoms with E-state index in [0.717, 1.165) is 36.7 Å². The Hall–Kier alpha value is -3.22. The highest BCUT2D eigenvalue weighted by molar-refractivity contribution is 5.94. The molecule has 1 saturated heterocycles. The van der Waals surface area contributed by atoms with Gasteiger partial charge in [0.2, 0.25) is 0 Å². The number of carbonyl (C=O) groups excluding carboxylic acids is 1. The number of nitrogens with zero attached hydrogens (tertiary/aromatic N) is 4. The first-order chi connectivity index (χ1) is 14.9. The Balaban J connectivity index is 1.52. The zero-order valence-electron chi connectivity index (χ0n) is 17.9. The van der Waals surface area contributed by atoms with Gasteiger partial charge in [0.05, 0.1) is 5.39 Å². The van der Waals surface area contributed by atoms with Gasteiger partial charge in [0, 0.05) is 32.6 Å². The predicted octanol–water partition coefficient (Wildman–Crippen LogP) is 2.14. The van der Waals surface area contributed by atoms with E-state index in [-0.39, 0.29) is 22.7 Å². The van der Waals surface area contributed by atoms with Crippen LogP contribution in [0.2, 0.25) is 0 Å². The van der Waals surface area contributed by atoms with Gasteiger partial charge in [-0.15, -0.1) is 0 Å². The molecule has 1 unspecified atom stereocenters. The number of likely N-dealkylation sites (tertiary alicyclic amines) is 1. The van der Waals surface area contributed by atoms with Crippen molar-refractivity contribution in [1.29, 1.82) is 0 Å². The van der Waals surface area contributed by atoms with Gasteiger partial charge in [-0.3, -0.25) is 18.7 Å². The summed E-state index contributed by atoms with van der Waals surface area (Å²) in [4.78, 5) is 44.5. The molecule has 160 valence electrons. The van der Waals surface area contributed by atoms with Crippen molar-refractivity contribution in [2.45, 2.75) is 37.5 Å². The van der Waals surface area contributed by atoms with Crippen molar-refractivity contribution in [2.75, 3.05) is 13.1 Å². The summed E-state index contributed by atoms with van der Waals surface area (Å²) in [5, 5.41) is 0.331. The Morgan fingerprint density at radius 1 is 1.00 bits per heavy atom. The van der Waals surface area contributed by atoms with Gasteiger partial charge in [0.25, 0.3) is 11.5 Å². The number of hydrogen-bond acceptors (Lipinski definition) is 4. The number of piperidine rings is 1. The normalized spacial score (nSPS) is 20.8. The van der Waals surface area contributed by atoms with Crippen LogP contribution in [-0.2, 0) is 25.9 Å². The quantitative estimate of drug-likeness (QED) is 0.607. The molecule has 5 rings (SSSR count). The molecule has 1 aliphatic heterocycles. The highest BCUT2D eigenvalue weighted by atomic mass is 16.2. The van der Waals surface area contributed by atoms with Gasteiger partial charge >= 0.3 is 5.69 Å². The summed E-state index contributed by atoms with van der Waals surface area (Å²) in [6, 6.07) is 11.8. The van der Waals surface area contributed by atoms with Gasteiger partial charge < -0.3 is 4.90 Å². The molecular formula is C24H26N4O3. The maximum absolute atomic E-state index is 13.4. The molecule has 1 atom stereocenters. The highest BCUT2D eigenvalue weighted by Crippen LogP contribution is 2.43. The van der Waals surface area contributed by atoms with Crippen molar-refractivity contribution >= 4 is 16.9 Å². The summed E-state index contributed by atoms with van der Waals surface area (Å²) in [5.74, 6) is -0.142. The summed E-state index contributed by atoms with van der Waals surface area (Å²) in [6.45, 7) is 1.37. The lowest BCUT2D eigenvalue weighted by molar-refractivity contribution is 0.0611. The second kappa shape index (κ2) is 7.18. The SMILES string of the molecule is Cn1c(=O)c2ccc(C(=O)N3CCCC4(CCCc5ccccc54)C3)nc2n(C)c1=O. The van der Waals surface area contributed by atoms with Gasteiger partial charge in [-0.25, -0.2) is 9.78 Å². The number of amides is 1. The van der Waals surface area contributed by atoms with Crippen LogP contribution >= 0.6 is 0 Å². The Morgan fingerprint density at radius 2 is 1.77 bits per heavy atom. The predicted molar refractivity (Wildman–Crippen MR) is 118 cm³/mol. The minimum atomic E-state index is -0.453. The highest BCUT2D eigenvalue weighted by Gasteiger charge is 2.41. The molecule has 0 saturated carbocycles. The van der Waals surface area contributed by atoms with Crippen molar-refractivity contribution in [1.82, 2.24) is 19.0 Å². The zero-order valence-corrected chi connectivity index (χ0v) is 17.9. The monoisotopic (exact) mass is 418 g/mol. The van der Waals surface area contributed by atoms with Crippen molar-refractivity contribution in [3.05, 3.63) is 74.1 Å². The van der Waals surface area contributed by atoms with E-state index in [1.165, 1.54) is 22.7 Å². The fourth-order valence-electron chi connectivity index (χ4n) is 5.47. The second-order valence-corrected chi connectivity index (χ2v) is 8.89. The van der Waals surface area contributed by atoms with Gasteiger partial charge in [-0.1, -0.05) is 24.3 Å². The van der Waals surface area contributed by atoms with Gasteiger partial charge in [0.15, 0.2) is 0 Å². The average molecular weight is 418 g/mol. The zero-order chi connectivity index (χ0) is 21.8. The van der Waals surface area contributed by atoms with Crippen LogP contribution in [0.5, 0.6) is 0 Å². The van der Waals surface area contributed by atoms with E-state index < -0.39 is 11.2 Å². The van der Waals surface area contributed by atoms with Crippen LogP contribution < -0.4 is 11.2 Å². The van der Waals surface area contributed by atoms with E-state index in [1.54, 1.807) is 19.2 Å². The summed E-state index contributed by atoms with van der Waals surface area (Å²) < 4.78 is 2.38. The number of pyridine rings is 1. The molecule has 3 heterocycles. The van der Waals surface area contributed by atoms with E-state index in [9.17, 15) is 14.4 Å². The number of carbonyl (C=O) groups is 1. The van der Waals surface area contributed by atoms with Crippen molar-refractivity contribution in [2.24, 2.45) is 14.1 Å². The average Bonchev–Trinajstić information content (AvgIpc) is 2.81. The Kier molecular flexibility index (Phi) is 4.57. The Labute approximate surface area is 179 Å². The van der Waals surface area contributed by atoms with E-state index in [4.69, 9.17) is 0 Å². The van der Waals surface area contributed by atoms with Crippen molar-refractivity contribution < 1.29 is 4.79 Å². The molecule has 0 N–H and O–H groups in total. The summed E-state index contributed by atoms with van der Waals surface area (Å²) in [7, 11) is 3.01.